The molecule has 1 fully saturated rings. The van der Waals surface area contributed by atoms with Gasteiger partial charge in [0.25, 0.3) is 0 Å². The predicted octanol–water partition coefficient (Wildman–Crippen LogP) is 1.54. The summed E-state index contributed by atoms with van der Waals surface area (Å²) in [6.07, 6.45) is -0.688. The number of fused-ring (bicyclic) bond motifs is 1. The molecule has 0 radical (unpaired) electrons. The van der Waals surface area contributed by atoms with Crippen LogP contribution in [-0.4, -0.2) is 50.0 Å². The number of benzene rings is 1. The number of alkyl carbamates (subject to hydrolysis) is 1. The summed E-state index contributed by atoms with van der Waals surface area (Å²) in [5.74, 6) is 0.619. The Morgan fingerprint density at radius 2 is 2.00 bits per heavy atom. The Bertz CT molecular complexity index is 848. The Kier molecular flexibility index (Phi) is 4.80. The summed E-state index contributed by atoms with van der Waals surface area (Å²) >= 11 is 0. The summed E-state index contributed by atoms with van der Waals surface area (Å²) in [5, 5.41) is 1.92. The molecule has 1 amide bonds. The SMILES string of the molecule is CCS(=O)(=O)[C@H]1[C@@H](c2ccc3c(c2)OCO3)[C@@]1(CN)NC(=O)OC(C)(C)C. The van der Waals surface area contributed by atoms with Crippen molar-refractivity contribution in [3.63, 3.8) is 0 Å². The van der Waals surface area contributed by atoms with Gasteiger partial charge in [0.2, 0.25) is 6.79 Å². The van der Waals surface area contributed by atoms with Gasteiger partial charge in [0.15, 0.2) is 21.3 Å². The van der Waals surface area contributed by atoms with Gasteiger partial charge in [0.1, 0.15) is 5.60 Å². The summed E-state index contributed by atoms with van der Waals surface area (Å²) in [6.45, 7) is 6.89. The van der Waals surface area contributed by atoms with Crippen molar-refractivity contribution in [3.05, 3.63) is 23.8 Å². The minimum Gasteiger partial charge on any atom is -0.454 e. The van der Waals surface area contributed by atoms with Crippen LogP contribution in [-0.2, 0) is 14.6 Å². The van der Waals surface area contributed by atoms with E-state index in [2.05, 4.69) is 5.32 Å². The monoisotopic (exact) mass is 398 g/mol. The fourth-order valence-corrected chi connectivity index (χ4v) is 5.67. The molecule has 27 heavy (non-hydrogen) atoms. The molecule has 3 atom stereocenters. The number of hydrogen-bond donors (Lipinski definition) is 2. The van der Waals surface area contributed by atoms with Gasteiger partial charge in [-0.2, -0.15) is 0 Å². The molecule has 3 rings (SSSR count). The molecule has 1 aromatic rings. The van der Waals surface area contributed by atoms with E-state index in [0.717, 1.165) is 5.56 Å². The van der Waals surface area contributed by atoms with Gasteiger partial charge in [-0.05, 0) is 38.5 Å². The summed E-state index contributed by atoms with van der Waals surface area (Å²) in [6, 6.07) is 5.27. The number of amides is 1. The molecule has 0 unspecified atom stereocenters. The Morgan fingerprint density at radius 1 is 1.33 bits per heavy atom. The minimum absolute atomic E-state index is 0.0325. The maximum absolute atomic E-state index is 12.7. The maximum atomic E-state index is 12.7. The zero-order valence-electron chi connectivity index (χ0n) is 15.9. The first kappa shape index (κ1) is 19.8. The molecule has 0 spiro atoms. The van der Waals surface area contributed by atoms with Crippen molar-refractivity contribution in [2.24, 2.45) is 5.73 Å². The normalized spacial score (nSPS) is 26.6. The zero-order chi connectivity index (χ0) is 20.0. The lowest BCUT2D eigenvalue weighted by Crippen LogP contribution is -2.49. The second-order valence-electron chi connectivity index (χ2n) is 7.83. The number of carbonyl (C=O) groups is 1. The number of hydrogen-bond acceptors (Lipinski definition) is 7. The Hall–Kier alpha value is -2.00. The van der Waals surface area contributed by atoms with E-state index in [0.29, 0.717) is 11.5 Å². The summed E-state index contributed by atoms with van der Waals surface area (Å²) in [7, 11) is -3.47. The predicted molar refractivity (Wildman–Crippen MR) is 99.7 cm³/mol. The fraction of sp³-hybridized carbons (Fsp3) is 0.611. The van der Waals surface area contributed by atoms with Crippen molar-refractivity contribution in [2.75, 3.05) is 19.1 Å². The number of sulfone groups is 1. The highest BCUT2D eigenvalue weighted by molar-refractivity contribution is 7.92. The Balaban J connectivity index is 1.95. The molecular formula is C18H26N2O6S. The van der Waals surface area contributed by atoms with Gasteiger partial charge in [-0.3, -0.25) is 0 Å². The maximum Gasteiger partial charge on any atom is 0.408 e. The number of carbonyl (C=O) groups excluding carboxylic acids is 1. The zero-order valence-corrected chi connectivity index (χ0v) is 16.8. The van der Waals surface area contributed by atoms with Gasteiger partial charge < -0.3 is 25.3 Å². The van der Waals surface area contributed by atoms with Crippen molar-refractivity contribution < 1.29 is 27.4 Å². The second-order valence-corrected chi connectivity index (χ2v) is 10.2. The fourth-order valence-electron chi connectivity index (χ4n) is 3.63. The van der Waals surface area contributed by atoms with E-state index in [1.54, 1.807) is 45.9 Å². The Labute approximate surface area is 159 Å². The summed E-state index contributed by atoms with van der Waals surface area (Å²) < 4.78 is 41.5. The third-order valence-electron chi connectivity index (χ3n) is 4.87. The average Bonchev–Trinajstić information content (AvgIpc) is 3.00. The molecule has 1 aliphatic carbocycles. The molecule has 0 saturated heterocycles. The lowest BCUT2D eigenvalue weighted by molar-refractivity contribution is 0.0497. The molecule has 2 aliphatic rings. The van der Waals surface area contributed by atoms with Crippen LogP contribution in [0.25, 0.3) is 0 Å². The van der Waals surface area contributed by atoms with Crippen molar-refractivity contribution in [1.29, 1.82) is 0 Å². The van der Waals surface area contributed by atoms with Crippen molar-refractivity contribution >= 4 is 15.9 Å². The highest BCUT2D eigenvalue weighted by Gasteiger charge is 2.71. The summed E-state index contributed by atoms with van der Waals surface area (Å²) in [4.78, 5) is 12.4. The number of nitrogens with one attached hydrogen (secondary N) is 1. The van der Waals surface area contributed by atoms with Crippen LogP contribution in [0, 0.1) is 0 Å². The molecule has 0 bridgehead atoms. The summed E-state index contributed by atoms with van der Waals surface area (Å²) in [5.41, 5.74) is 4.87. The first-order valence-electron chi connectivity index (χ1n) is 8.86. The Morgan fingerprint density at radius 3 is 2.59 bits per heavy atom. The van der Waals surface area contributed by atoms with Crippen LogP contribution in [0.1, 0.15) is 39.2 Å². The average molecular weight is 398 g/mol. The van der Waals surface area contributed by atoms with Crippen LogP contribution >= 0.6 is 0 Å². The van der Waals surface area contributed by atoms with E-state index in [4.69, 9.17) is 19.9 Å². The van der Waals surface area contributed by atoms with Crippen LogP contribution in [0.4, 0.5) is 4.79 Å². The molecule has 1 aromatic carbocycles. The first-order valence-corrected chi connectivity index (χ1v) is 10.6. The van der Waals surface area contributed by atoms with Gasteiger partial charge >= 0.3 is 6.09 Å². The topological polar surface area (TPSA) is 117 Å². The smallest absolute Gasteiger partial charge is 0.408 e. The van der Waals surface area contributed by atoms with Crippen LogP contribution in [0.15, 0.2) is 18.2 Å². The number of rotatable bonds is 5. The third-order valence-corrected chi connectivity index (χ3v) is 7.14. The lowest BCUT2D eigenvalue weighted by Gasteiger charge is -2.24. The van der Waals surface area contributed by atoms with Crippen molar-refractivity contribution in [3.8, 4) is 11.5 Å². The van der Waals surface area contributed by atoms with E-state index < -0.39 is 38.2 Å². The van der Waals surface area contributed by atoms with Crippen molar-refractivity contribution in [2.45, 2.75) is 50.0 Å². The van der Waals surface area contributed by atoms with Gasteiger partial charge in [0.05, 0.1) is 10.8 Å². The number of ether oxygens (including phenoxy) is 3. The van der Waals surface area contributed by atoms with Gasteiger partial charge in [-0.25, -0.2) is 13.2 Å². The van der Waals surface area contributed by atoms with Crippen molar-refractivity contribution in [1.82, 2.24) is 5.32 Å². The van der Waals surface area contributed by atoms with E-state index >= 15 is 0 Å². The third kappa shape index (κ3) is 3.58. The molecule has 1 heterocycles. The van der Waals surface area contributed by atoms with Crippen LogP contribution in [0.3, 0.4) is 0 Å². The number of nitrogens with two attached hydrogens (primary N) is 1. The molecular weight excluding hydrogens is 372 g/mol. The van der Waals surface area contributed by atoms with Gasteiger partial charge in [-0.1, -0.05) is 13.0 Å². The van der Waals surface area contributed by atoms with E-state index in [9.17, 15) is 13.2 Å². The lowest BCUT2D eigenvalue weighted by atomic mass is 10.1. The highest BCUT2D eigenvalue weighted by Crippen LogP contribution is 2.56. The van der Waals surface area contributed by atoms with Crippen LogP contribution in [0.2, 0.25) is 0 Å². The molecule has 9 heteroatoms. The van der Waals surface area contributed by atoms with E-state index in [-0.39, 0.29) is 19.1 Å². The van der Waals surface area contributed by atoms with Gasteiger partial charge in [-0.15, -0.1) is 0 Å². The molecule has 3 N–H and O–H groups in total. The molecule has 150 valence electrons. The molecule has 1 saturated carbocycles. The van der Waals surface area contributed by atoms with E-state index in [1.807, 2.05) is 0 Å². The van der Waals surface area contributed by atoms with Crippen LogP contribution in [0.5, 0.6) is 11.5 Å². The van der Waals surface area contributed by atoms with Crippen LogP contribution < -0.4 is 20.5 Å². The molecule has 8 nitrogen and oxygen atoms in total. The second kappa shape index (κ2) is 6.56. The largest absolute Gasteiger partial charge is 0.454 e. The van der Waals surface area contributed by atoms with Gasteiger partial charge in [0, 0.05) is 18.2 Å². The quantitative estimate of drug-likeness (QED) is 0.772. The highest BCUT2D eigenvalue weighted by atomic mass is 32.2. The molecule has 1 aliphatic heterocycles. The first-order chi connectivity index (χ1) is 12.5. The van der Waals surface area contributed by atoms with E-state index in [1.165, 1.54) is 0 Å². The standard InChI is InChI=1S/C18H26N2O6S/c1-5-27(22,23)15-14(11-6-7-12-13(8-11)25-10-24-12)18(15,9-19)20-16(21)26-17(2,3)4/h6-8,14-15H,5,9-10,19H2,1-4H3,(H,20,21)/t14-,15+,18-/m1/s1. The molecule has 0 aromatic heterocycles. The minimum atomic E-state index is -3.47.